The van der Waals surface area contributed by atoms with Crippen molar-refractivity contribution in [1.82, 2.24) is 0 Å². The van der Waals surface area contributed by atoms with Crippen LogP contribution in [-0.2, 0) is 76.3 Å². The summed E-state index contributed by atoms with van der Waals surface area (Å²) < 4.78 is 48.2. The lowest BCUT2D eigenvalue weighted by Crippen LogP contribution is -2.51. The second-order valence-corrected chi connectivity index (χ2v) is 33.2. The average Bonchev–Trinajstić information content (AvgIpc) is 0.907. The lowest BCUT2D eigenvalue weighted by atomic mass is 10.2. The van der Waals surface area contributed by atoms with Crippen molar-refractivity contribution in [1.29, 1.82) is 0 Å². The molecule has 2 unspecified atom stereocenters. The highest BCUT2D eigenvalue weighted by Crippen LogP contribution is 2.16. The Kier molecular flexibility index (Phi) is 84.2. The fourth-order valence-corrected chi connectivity index (χ4v) is 12.9. The Morgan fingerprint density at radius 1 is 0.217 bits per heavy atom. The molecule has 0 rings (SSSR count). The smallest absolute Gasteiger partial charge is 0.333 e. The summed E-state index contributed by atoms with van der Waals surface area (Å²) in [6.45, 7) is 105. The summed E-state index contributed by atoms with van der Waals surface area (Å²) in [6, 6.07) is 0. The van der Waals surface area contributed by atoms with Gasteiger partial charge in [0, 0.05) is 46.6 Å². The topological polar surface area (TPSA) is 210 Å². The molecule has 24 nitrogen and oxygen atoms in total. The number of hydrogen-bond acceptors (Lipinski definition) is 16. The third-order valence-electron chi connectivity index (χ3n) is 21.8. The lowest BCUT2D eigenvalue weighted by Gasteiger charge is -2.37. The van der Waals surface area contributed by atoms with Gasteiger partial charge in [0.15, 0.2) is 0 Å². The maximum atomic E-state index is 11.4. The second-order valence-electron chi connectivity index (χ2n) is 33.2. The fourth-order valence-electron chi connectivity index (χ4n) is 12.9. The number of unbranched alkanes of at least 4 members (excludes halogenated alkanes) is 2. The Balaban J connectivity index is -0.000000200. The Labute approximate surface area is 737 Å². The summed E-state index contributed by atoms with van der Waals surface area (Å²) in [5.41, 5.74) is 1.88. The number of ether oxygens (including phenoxy) is 8. The van der Waals surface area contributed by atoms with Crippen LogP contribution < -0.4 is 0 Å². The molecule has 0 N–H and O–H groups in total. The van der Waals surface area contributed by atoms with Gasteiger partial charge in [0.2, 0.25) is 0 Å². The van der Waals surface area contributed by atoms with Crippen molar-refractivity contribution in [3.8, 4) is 0 Å². The number of carbonyl (C=O) groups excluding carboxylic acids is 8. The number of hydrogen-bond donors (Lipinski definition) is 0. The molecule has 0 aromatic rings. The molecule has 0 amide bonds. The van der Waals surface area contributed by atoms with Crippen LogP contribution in [0.2, 0.25) is 0 Å². The normalized spacial score (nSPS) is 12.0. The highest BCUT2D eigenvalue weighted by atomic mass is 16.6. The molecule has 0 aliphatic rings. The third kappa shape index (κ3) is 71.9. The van der Waals surface area contributed by atoms with E-state index in [1.807, 2.05) is 21.1 Å². The van der Waals surface area contributed by atoms with E-state index in [0.717, 1.165) is 180 Å². The van der Waals surface area contributed by atoms with Gasteiger partial charge in [-0.25, -0.2) is 38.4 Å². The van der Waals surface area contributed by atoms with Crippen molar-refractivity contribution in [3.05, 3.63) is 99.2 Å². The first-order chi connectivity index (χ1) is 56.2. The van der Waals surface area contributed by atoms with Crippen molar-refractivity contribution in [3.63, 3.8) is 0 Å². The van der Waals surface area contributed by atoms with Gasteiger partial charge in [-0.1, -0.05) is 121 Å². The molecule has 0 radical (unpaired) electrons. The number of likely N-dealkylation sites (N-methyl/N-ethyl adjacent to an activating group) is 8. The van der Waals surface area contributed by atoms with Gasteiger partial charge in [0.1, 0.15) is 105 Å². The van der Waals surface area contributed by atoms with Crippen LogP contribution >= 0.6 is 0 Å². The molecule has 2 atom stereocenters. The Morgan fingerprint density at radius 2 is 0.367 bits per heavy atom. The largest absolute Gasteiger partial charge is 0.457 e. The molecular weight excluding hydrogens is 1520 g/mol. The van der Waals surface area contributed by atoms with Crippen LogP contribution in [0.5, 0.6) is 0 Å². The van der Waals surface area contributed by atoms with E-state index in [2.05, 4.69) is 198 Å². The Bertz CT molecular complexity index is 2760. The minimum Gasteiger partial charge on any atom is -0.457 e. The molecule has 0 saturated carbocycles. The highest BCUT2D eigenvalue weighted by Gasteiger charge is 2.29. The standard InChI is InChI=1S/C15H30NO2.2C14H28NO2.C13H26NO2.C12H24NO2.C11H22NO2.C9H18NO2.C8H16NO2/c1-6-9-11-16(8-3,10-7-2)12-13-18-15(17)14(4)5;1-6-9-15(8-3,10-7-2)11-12-17-14(16)13(4)5;1-5-9-11-15(8-4,10-6-2)12-13-17-14(16)7-3;1-5-9-14(8-4,10-6-2)11-12-16-13(15)7-3;1-6-13(7-2,8-3)9-10-15-12(14)11(4)5;1-5-11(13)14-10-9-12(6-2,7-3)8-4;1-8(2)9(11)12-7-6-10(3,4)5;1-5-8(10)11-7-6-9(2,3)4/h4,6-13H2,1-3,5H3;4,6-12H2,1-3,5H3;7H,3,5-6,8-13H2,1-2,4H3;7H,3,5-6,8-12H2,1-2,4H3;4,6-10H2,1-3,5H3;5H,1,6-10H2,2-4H3;1,6-7H2,2-5H3;5H,1,6-7H2,2-4H3/q8*+1. The molecule has 0 bridgehead atoms. The zero-order valence-electron chi connectivity index (χ0n) is 83.2. The fraction of sp³-hybridized carbons (Fsp3) is 0.750. The number of carbonyl (C=O) groups is 8. The van der Waals surface area contributed by atoms with E-state index in [4.69, 9.17) is 37.9 Å². The van der Waals surface area contributed by atoms with Gasteiger partial charge in [0.25, 0.3) is 0 Å². The minimum atomic E-state index is -0.349. The number of quaternary nitrogens is 8. The number of nitrogens with zero attached hydrogens (tertiary/aromatic N) is 8. The molecule has 0 fully saturated rings. The SMILES string of the molecule is C=C(C)C(=O)OCC[N+](C)(C)C.C=C(C)C(=O)OCC[N+](CC)(CC)CC.C=C(C)C(=O)OCC[N+](CC)(CCC)CCC.C=C(C)C(=O)OCC[N+](CC)(CCC)CCCC.C=CC(=O)OCC[N+](C)(C)C.C=CC(=O)OCC[N+](CC)(CC)CC.C=CC(=O)OCC[N+](CC)(CCC)CCC.C=CC(=O)OCC[N+](CC)(CCC)CCCC. The van der Waals surface area contributed by atoms with Crippen LogP contribution in [0.3, 0.4) is 0 Å². The number of esters is 8. The van der Waals surface area contributed by atoms with E-state index in [1.54, 1.807) is 27.7 Å². The van der Waals surface area contributed by atoms with Gasteiger partial charge in [-0.05, 0) is 148 Å². The van der Waals surface area contributed by atoms with Gasteiger partial charge in [-0.15, -0.1) is 0 Å². The average molecular weight is 1710 g/mol. The summed E-state index contributed by atoms with van der Waals surface area (Å²) in [4.78, 5) is 88.1. The van der Waals surface area contributed by atoms with E-state index < -0.39 is 0 Å². The molecule has 0 spiro atoms. The lowest BCUT2D eigenvalue weighted by molar-refractivity contribution is -0.927. The van der Waals surface area contributed by atoms with E-state index in [1.165, 1.54) is 115 Å². The van der Waals surface area contributed by atoms with Gasteiger partial charge < -0.3 is 73.8 Å². The summed E-state index contributed by atoms with van der Waals surface area (Å²) >= 11 is 0. The highest BCUT2D eigenvalue weighted by molar-refractivity contribution is 5.88. The van der Waals surface area contributed by atoms with E-state index in [-0.39, 0.29) is 47.8 Å². The predicted octanol–water partition coefficient (Wildman–Crippen LogP) is 15.9. The van der Waals surface area contributed by atoms with Gasteiger partial charge in [0.05, 0.1) is 160 Å². The van der Waals surface area contributed by atoms with Crippen LogP contribution in [0, 0.1) is 0 Å². The molecule has 0 aromatic heterocycles. The van der Waals surface area contributed by atoms with E-state index in [0.29, 0.717) is 75.1 Å². The van der Waals surface area contributed by atoms with Crippen molar-refractivity contribution < 1.29 is 112 Å². The Hall–Kier alpha value is -6.64. The molecule has 0 aliphatic carbocycles. The van der Waals surface area contributed by atoms with Crippen LogP contribution in [-0.4, -0.2) is 349 Å². The maximum absolute atomic E-state index is 11.4. The summed E-state index contributed by atoms with van der Waals surface area (Å²) in [6.07, 6.45) is 16.8. The monoisotopic (exact) mass is 1710 g/mol. The van der Waals surface area contributed by atoms with Crippen LogP contribution in [0.15, 0.2) is 99.2 Å². The van der Waals surface area contributed by atoms with E-state index >= 15 is 0 Å². The molecule has 704 valence electrons. The quantitative estimate of drug-likeness (QED) is 0.0240. The molecule has 24 heteroatoms. The maximum Gasteiger partial charge on any atom is 0.333 e. The van der Waals surface area contributed by atoms with Crippen molar-refractivity contribution in [2.45, 2.75) is 217 Å². The van der Waals surface area contributed by atoms with Crippen LogP contribution in [0.4, 0.5) is 0 Å². The van der Waals surface area contributed by atoms with Crippen molar-refractivity contribution in [2.75, 3.05) is 265 Å². The first-order valence-corrected chi connectivity index (χ1v) is 45.4. The Morgan fingerprint density at radius 3 is 0.508 bits per heavy atom. The van der Waals surface area contributed by atoms with Crippen LogP contribution in [0.25, 0.3) is 0 Å². The summed E-state index contributed by atoms with van der Waals surface area (Å²) in [5, 5.41) is 0. The first kappa shape index (κ1) is 129. The molecule has 0 aliphatic heterocycles. The summed E-state index contributed by atoms with van der Waals surface area (Å²) in [5.74, 6) is -2.43. The molecule has 120 heavy (non-hydrogen) atoms. The molecule has 0 aromatic carbocycles. The second kappa shape index (κ2) is 78.3. The minimum absolute atomic E-state index is 0.267. The van der Waals surface area contributed by atoms with Crippen molar-refractivity contribution in [2.24, 2.45) is 0 Å². The van der Waals surface area contributed by atoms with Gasteiger partial charge in [-0.2, -0.15) is 0 Å². The first-order valence-electron chi connectivity index (χ1n) is 45.4. The molecule has 0 saturated heterocycles. The van der Waals surface area contributed by atoms with Gasteiger partial charge in [-0.3, -0.25) is 0 Å². The molecule has 0 heterocycles. The third-order valence-corrected chi connectivity index (χ3v) is 21.8. The molecular formula is C96H192N8O16+8. The van der Waals surface area contributed by atoms with Crippen molar-refractivity contribution >= 4 is 47.8 Å². The van der Waals surface area contributed by atoms with Gasteiger partial charge >= 0.3 is 47.8 Å². The zero-order chi connectivity index (χ0) is 94.5. The summed E-state index contributed by atoms with van der Waals surface area (Å²) in [7, 11) is 12.3. The van der Waals surface area contributed by atoms with Crippen LogP contribution in [0.1, 0.15) is 217 Å². The number of rotatable bonds is 60. The zero-order valence-corrected chi connectivity index (χ0v) is 83.2. The predicted molar refractivity (Wildman–Crippen MR) is 500 cm³/mol. The van der Waals surface area contributed by atoms with E-state index in [9.17, 15) is 38.4 Å².